The lowest BCUT2D eigenvalue weighted by atomic mass is 10.2. The lowest BCUT2D eigenvalue weighted by Crippen LogP contribution is -2.20. The van der Waals surface area contributed by atoms with Crippen molar-refractivity contribution in [3.63, 3.8) is 0 Å². The summed E-state index contributed by atoms with van der Waals surface area (Å²) in [6.07, 6.45) is -4.48. The van der Waals surface area contributed by atoms with Gasteiger partial charge in [0.05, 0.1) is 0 Å². The average Bonchev–Trinajstić information content (AvgIpc) is 2.40. The molecule has 2 aromatic carbocycles. The van der Waals surface area contributed by atoms with Crippen LogP contribution < -0.4 is 10.6 Å². The topological polar surface area (TPSA) is 41.1 Å². The minimum absolute atomic E-state index is 0.0878. The van der Waals surface area contributed by atoms with Crippen LogP contribution in [0.15, 0.2) is 54.6 Å². The first-order valence-electron chi connectivity index (χ1n) is 5.75. The van der Waals surface area contributed by atoms with E-state index < -0.39 is 6.30 Å². The zero-order valence-corrected chi connectivity index (χ0v) is 10.2. The highest BCUT2D eigenvalue weighted by atomic mass is 19.4. The van der Waals surface area contributed by atoms with E-state index in [1.807, 2.05) is 0 Å². The third-order valence-electron chi connectivity index (χ3n) is 2.46. The molecule has 6 heteroatoms. The summed E-state index contributed by atoms with van der Waals surface area (Å²) in [5, 5.41) is 3.98. The van der Waals surface area contributed by atoms with Crippen molar-refractivity contribution in [2.45, 2.75) is 6.30 Å². The van der Waals surface area contributed by atoms with Gasteiger partial charge in [-0.3, -0.25) is 10.1 Å². The molecule has 104 valence electrons. The third kappa shape index (κ3) is 4.01. The second kappa shape index (κ2) is 5.64. The Bertz CT molecular complexity index is 580. The smallest absolute Gasteiger partial charge is 0.322 e. The van der Waals surface area contributed by atoms with Crippen molar-refractivity contribution in [3.05, 3.63) is 60.2 Å². The van der Waals surface area contributed by atoms with Gasteiger partial charge in [-0.05, 0) is 36.4 Å². The number of carbonyl (C=O) groups is 1. The zero-order chi connectivity index (χ0) is 14.6. The Hall–Kier alpha value is -2.50. The van der Waals surface area contributed by atoms with E-state index in [-0.39, 0.29) is 11.6 Å². The number of alkyl halides is 3. The Morgan fingerprint density at radius 3 is 1.95 bits per heavy atom. The predicted octanol–water partition coefficient (Wildman–Crippen LogP) is 3.87. The molecule has 0 aliphatic rings. The van der Waals surface area contributed by atoms with Gasteiger partial charge in [0.2, 0.25) is 0 Å². The Kier molecular flexibility index (Phi) is 3.93. The molecule has 0 aromatic heterocycles. The fourth-order valence-electron chi connectivity index (χ4n) is 1.59. The van der Waals surface area contributed by atoms with Crippen molar-refractivity contribution in [2.75, 3.05) is 10.6 Å². The summed E-state index contributed by atoms with van der Waals surface area (Å²) in [5.74, 6) is -0.317. The Morgan fingerprint density at radius 1 is 0.850 bits per heavy atom. The number of halogens is 3. The number of amides is 1. The molecule has 20 heavy (non-hydrogen) atoms. The second-order valence-corrected chi connectivity index (χ2v) is 4.02. The standard InChI is InChI=1S/C14H11F3N2O/c15-14(16,17)19-12-8-6-11(7-9-12)18-13(20)10-4-2-1-3-5-10/h1-9,19H,(H,18,20). The van der Waals surface area contributed by atoms with Gasteiger partial charge in [-0.25, -0.2) is 0 Å². The summed E-state index contributed by atoms with van der Waals surface area (Å²) in [4.78, 5) is 11.8. The summed E-state index contributed by atoms with van der Waals surface area (Å²) in [6, 6.07) is 13.8. The van der Waals surface area contributed by atoms with Gasteiger partial charge in [-0.15, -0.1) is 0 Å². The van der Waals surface area contributed by atoms with Crippen molar-refractivity contribution in [2.24, 2.45) is 0 Å². The summed E-state index contributed by atoms with van der Waals surface area (Å²) in [7, 11) is 0. The van der Waals surface area contributed by atoms with Crippen LogP contribution in [0.3, 0.4) is 0 Å². The number of carbonyl (C=O) groups excluding carboxylic acids is 1. The molecule has 2 aromatic rings. The van der Waals surface area contributed by atoms with E-state index in [0.717, 1.165) is 0 Å². The number of rotatable bonds is 3. The molecule has 0 saturated heterocycles. The predicted molar refractivity (Wildman–Crippen MR) is 70.5 cm³/mol. The first-order valence-corrected chi connectivity index (χ1v) is 5.75. The van der Waals surface area contributed by atoms with E-state index in [4.69, 9.17) is 0 Å². The normalized spacial score (nSPS) is 10.9. The summed E-state index contributed by atoms with van der Waals surface area (Å²) >= 11 is 0. The number of benzene rings is 2. The monoisotopic (exact) mass is 280 g/mol. The van der Waals surface area contributed by atoms with Gasteiger partial charge in [0.1, 0.15) is 0 Å². The molecule has 0 saturated carbocycles. The summed E-state index contributed by atoms with van der Waals surface area (Å²) in [6.45, 7) is 0. The van der Waals surface area contributed by atoms with Crippen LogP contribution in [-0.4, -0.2) is 12.2 Å². The molecule has 0 fully saturated rings. The van der Waals surface area contributed by atoms with Crippen LogP contribution in [0, 0.1) is 0 Å². The van der Waals surface area contributed by atoms with Crippen LogP contribution in [-0.2, 0) is 0 Å². The van der Waals surface area contributed by atoms with Crippen LogP contribution in [0.5, 0.6) is 0 Å². The SMILES string of the molecule is O=C(Nc1ccc(NC(F)(F)F)cc1)c1ccccc1. The van der Waals surface area contributed by atoms with Crippen molar-refractivity contribution in [3.8, 4) is 0 Å². The fourth-order valence-corrected chi connectivity index (χ4v) is 1.59. The number of hydrogen-bond acceptors (Lipinski definition) is 2. The van der Waals surface area contributed by atoms with E-state index in [1.165, 1.54) is 29.6 Å². The lowest BCUT2D eigenvalue weighted by molar-refractivity contribution is -0.0999. The van der Waals surface area contributed by atoms with E-state index in [9.17, 15) is 18.0 Å². The molecule has 0 radical (unpaired) electrons. The van der Waals surface area contributed by atoms with Crippen molar-refractivity contribution < 1.29 is 18.0 Å². The quantitative estimate of drug-likeness (QED) is 0.838. The van der Waals surface area contributed by atoms with E-state index in [1.54, 1.807) is 30.3 Å². The largest absolute Gasteiger partial charge is 0.482 e. The number of anilines is 2. The molecule has 1 amide bonds. The lowest BCUT2D eigenvalue weighted by Gasteiger charge is -2.10. The van der Waals surface area contributed by atoms with Gasteiger partial charge in [0.25, 0.3) is 5.91 Å². The van der Waals surface area contributed by atoms with Crippen LogP contribution in [0.2, 0.25) is 0 Å². The van der Waals surface area contributed by atoms with Crippen molar-refractivity contribution >= 4 is 17.3 Å². The summed E-state index contributed by atoms with van der Waals surface area (Å²) < 4.78 is 36.3. The second-order valence-electron chi connectivity index (χ2n) is 4.02. The van der Waals surface area contributed by atoms with Gasteiger partial charge < -0.3 is 5.32 Å². The minimum Gasteiger partial charge on any atom is -0.322 e. The highest BCUT2D eigenvalue weighted by molar-refractivity contribution is 6.04. The van der Waals surface area contributed by atoms with E-state index in [2.05, 4.69) is 5.32 Å². The maximum absolute atomic E-state index is 12.1. The molecular formula is C14H11F3N2O. The van der Waals surface area contributed by atoms with Gasteiger partial charge in [0.15, 0.2) is 0 Å². The Morgan fingerprint density at radius 2 is 1.40 bits per heavy atom. The van der Waals surface area contributed by atoms with Crippen LogP contribution >= 0.6 is 0 Å². The molecule has 0 aliphatic carbocycles. The maximum Gasteiger partial charge on any atom is 0.482 e. The Balaban J connectivity index is 2.02. The van der Waals surface area contributed by atoms with Crippen LogP contribution in [0.1, 0.15) is 10.4 Å². The van der Waals surface area contributed by atoms with Crippen molar-refractivity contribution in [1.29, 1.82) is 0 Å². The van der Waals surface area contributed by atoms with E-state index in [0.29, 0.717) is 11.3 Å². The highest BCUT2D eigenvalue weighted by Crippen LogP contribution is 2.21. The number of hydrogen-bond donors (Lipinski definition) is 2. The Labute approximate surface area is 113 Å². The molecule has 0 aliphatic heterocycles. The summed E-state index contributed by atoms with van der Waals surface area (Å²) in [5.41, 5.74) is 0.812. The molecule has 0 spiro atoms. The van der Waals surface area contributed by atoms with Gasteiger partial charge in [-0.2, -0.15) is 13.2 Å². The molecule has 2 N–H and O–H groups in total. The third-order valence-corrected chi connectivity index (χ3v) is 2.46. The maximum atomic E-state index is 12.1. The highest BCUT2D eigenvalue weighted by Gasteiger charge is 2.26. The molecule has 0 unspecified atom stereocenters. The van der Waals surface area contributed by atoms with Crippen LogP contribution in [0.4, 0.5) is 24.5 Å². The molecule has 0 heterocycles. The van der Waals surface area contributed by atoms with Crippen molar-refractivity contribution in [1.82, 2.24) is 0 Å². The fraction of sp³-hybridized carbons (Fsp3) is 0.0714. The first kappa shape index (κ1) is 13.9. The molecular weight excluding hydrogens is 269 g/mol. The molecule has 2 rings (SSSR count). The minimum atomic E-state index is -4.48. The van der Waals surface area contributed by atoms with Crippen LogP contribution in [0.25, 0.3) is 0 Å². The molecule has 3 nitrogen and oxygen atoms in total. The molecule has 0 bridgehead atoms. The van der Waals surface area contributed by atoms with Gasteiger partial charge in [0, 0.05) is 16.9 Å². The van der Waals surface area contributed by atoms with Gasteiger partial charge in [-0.1, -0.05) is 18.2 Å². The van der Waals surface area contributed by atoms with Gasteiger partial charge >= 0.3 is 6.30 Å². The van der Waals surface area contributed by atoms with E-state index >= 15 is 0 Å². The average molecular weight is 280 g/mol. The first-order chi connectivity index (χ1) is 9.44. The zero-order valence-electron chi connectivity index (χ0n) is 10.2. The molecule has 0 atom stereocenters. The number of nitrogens with one attached hydrogen (secondary N) is 2.